The first-order chi connectivity index (χ1) is 11.1. The second kappa shape index (κ2) is 15.6. The normalized spacial score (nSPS) is 12.6. The summed E-state index contributed by atoms with van der Waals surface area (Å²) in [6.45, 7) is 2.16. The van der Waals surface area contributed by atoms with Crippen LogP contribution in [0.25, 0.3) is 0 Å². The van der Waals surface area contributed by atoms with E-state index in [1.807, 2.05) is 6.08 Å². The maximum atomic E-state index is 11.2. The molecule has 0 bridgehead atoms. The molecule has 0 aromatic rings. The zero-order valence-corrected chi connectivity index (χ0v) is 14.6. The van der Waals surface area contributed by atoms with E-state index in [1.165, 1.54) is 12.8 Å². The highest BCUT2D eigenvalue weighted by Gasteiger charge is 2.14. The highest BCUT2D eigenvalue weighted by Crippen LogP contribution is 2.16. The van der Waals surface area contributed by atoms with Gasteiger partial charge in [0, 0.05) is 6.42 Å². The summed E-state index contributed by atoms with van der Waals surface area (Å²) in [7, 11) is 0. The van der Waals surface area contributed by atoms with Gasteiger partial charge >= 0.3 is 11.9 Å². The van der Waals surface area contributed by atoms with E-state index in [4.69, 9.17) is 5.11 Å². The average molecular weight is 326 g/mol. The first-order valence-corrected chi connectivity index (χ1v) is 9.17. The summed E-state index contributed by atoms with van der Waals surface area (Å²) < 4.78 is 0. The highest BCUT2D eigenvalue weighted by atomic mass is 16.4. The van der Waals surface area contributed by atoms with Crippen LogP contribution in [-0.2, 0) is 9.59 Å². The molecule has 0 amide bonds. The molecule has 1 unspecified atom stereocenters. The Morgan fingerprint density at radius 2 is 1.52 bits per heavy atom. The summed E-state index contributed by atoms with van der Waals surface area (Å²) in [6.07, 6.45) is 16.3. The standard InChI is InChI=1S/C19H34O4/c1-2-3-4-11-14-17(19(22)23)15-12-9-7-5-6-8-10-13-16-18(20)21/h9,12,17H,2-8,10-11,13-16H2,1H3,(H,20,21)(H,22,23)/b12-9-. The molecule has 23 heavy (non-hydrogen) atoms. The molecule has 134 valence electrons. The summed E-state index contributed by atoms with van der Waals surface area (Å²) in [5.41, 5.74) is 0. The van der Waals surface area contributed by atoms with E-state index < -0.39 is 11.9 Å². The molecule has 4 heteroatoms. The molecule has 0 radical (unpaired) electrons. The van der Waals surface area contributed by atoms with Crippen LogP contribution in [0, 0.1) is 5.92 Å². The number of carboxylic acids is 2. The number of aliphatic carboxylic acids is 2. The van der Waals surface area contributed by atoms with Crippen LogP contribution in [0.1, 0.15) is 90.4 Å². The van der Waals surface area contributed by atoms with Crippen molar-refractivity contribution >= 4 is 11.9 Å². The van der Waals surface area contributed by atoms with Crippen molar-refractivity contribution in [3.8, 4) is 0 Å². The number of carboxylic acid groups (broad SMARTS) is 2. The Morgan fingerprint density at radius 3 is 2.17 bits per heavy atom. The lowest BCUT2D eigenvalue weighted by Gasteiger charge is -2.09. The summed E-state index contributed by atoms with van der Waals surface area (Å²) in [6, 6.07) is 0. The van der Waals surface area contributed by atoms with Gasteiger partial charge in [-0.3, -0.25) is 9.59 Å². The lowest BCUT2D eigenvalue weighted by molar-refractivity contribution is -0.142. The third-order valence-electron chi connectivity index (χ3n) is 4.10. The number of carbonyl (C=O) groups is 2. The van der Waals surface area contributed by atoms with Crippen molar-refractivity contribution in [2.75, 3.05) is 0 Å². The van der Waals surface area contributed by atoms with Gasteiger partial charge in [-0.15, -0.1) is 0 Å². The molecule has 0 aliphatic heterocycles. The van der Waals surface area contributed by atoms with Crippen LogP contribution in [0.4, 0.5) is 0 Å². The zero-order valence-electron chi connectivity index (χ0n) is 14.6. The molecule has 4 nitrogen and oxygen atoms in total. The van der Waals surface area contributed by atoms with Crippen molar-refractivity contribution in [2.45, 2.75) is 90.4 Å². The molecule has 0 saturated carbocycles. The van der Waals surface area contributed by atoms with Crippen molar-refractivity contribution in [3.05, 3.63) is 12.2 Å². The Labute approximate surface area is 141 Å². The van der Waals surface area contributed by atoms with Gasteiger partial charge in [-0.25, -0.2) is 0 Å². The first-order valence-electron chi connectivity index (χ1n) is 9.17. The summed E-state index contributed by atoms with van der Waals surface area (Å²) in [4.78, 5) is 21.6. The topological polar surface area (TPSA) is 74.6 Å². The molecule has 0 saturated heterocycles. The van der Waals surface area contributed by atoms with Crippen LogP contribution in [0.5, 0.6) is 0 Å². The van der Waals surface area contributed by atoms with Gasteiger partial charge in [0.2, 0.25) is 0 Å². The minimum atomic E-state index is -0.712. The Bertz CT molecular complexity index is 336. The fourth-order valence-electron chi connectivity index (χ4n) is 2.61. The van der Waals surface area contributed by atoms with E-state index in [0.717, 1.165) is 57.8 Å². The minimum Gasteiger partial charge on any atom is -0.481 e. The van der Waals surface area contributed by atoms with Crippen LogP contribution in [0.2, 0.25) is 0 Å². The van der Waals surface area contributed by atoms with Crippen LogP contribution in [0.15, 0.2) is 12.2 Å². The predicted molar refractivity (Wildman–Crippen MR) is 93.6 cm³/mol. The molecule has 2 N–H and O–H groups in total. The Morgan fingerprint density at radius 1 is 0.870 bits per heavy atom. The summed E-state index contributed by atoms with van der Waals surface area (Å²) >= 11 is 0. The molecule has 1 atom stereocenters. The molecule has 0 aliphatic rings. The number of unbranched alkanes of at least 4 members (excludes halogenated alkanes) is 8. The number of rotatable bonds is 16. The van der Waals surface area contributed by atoms with E-state index in [0.29, 0.717) is 6.42 Å². The average Bonchev–Trinajstić information content (AvgIpc) is 2.50. The van der Waals surface area contributed by atoms with E-state index in [9.17, 15) is 14.7 Å². The van der Waals surface area contributed by atoms with Crippen molar-refractivity contribution in [1.29, 1.82) is 0 Å². The zero-order chi connectivity index (χ0) is 17.3. The lowest BCUT2D eigenvalue weighted by atomic mass is 9.97. The third kappa shape index (κ3) is 15.4. The second-order valence-corrected chi connectivity index (χ2v) is 6.29. The van der Waals surface area contributed by atoms with Crippen molar-refractivity contribution < 1.29 is 19.8 Å². The van der Waals surface area contributed by atoms with Gasteiger partial charge in [0.05, 0.1) is 5.92 Å². The van der Waals surface area contributed by atoms with Crippen LogP contribution in [0.3, 0.4) is 0 Å². The van der Waals surface area contributed by atoms with E-state index in [2.05, 4.69) is 13.0 Å². The molecule has 0 aromatic carbocycles. The van der Waals surface area contributed by atoms with E-state index in [1.54, 1.807) is 0 Å². The number of allylic oxidation sites excluding steroid dienone is 2. The second-order valence-electron chi connectivity index (χ2n) is 6.29. The monoisotopic (exact) mass is 326 g/mol. The lowest BCUT2D eigenvalue weighted by Crippen LogP contribution is -2.12. The van der Waals surface area contributed by atoms with Crippen LogP contribution < -0.4 is 0 Å². The number of hydrogen-bond acceptors (Lipinski definition) is 2. The van der Waals surface area contributed by atoms with Crippen molar-refractivity contribution in [1.82, 2.24) is 0 Å². The first kappa shape index (κ1) is 21.7. The summed E-state index contributed by atoms with van der Waals surface area (Å²) in [5.74, 6) is -1.63. The minimum absolute atomic E-state index is 0.237. The molecule has 0 aromatic heterocycles. The molecule has 0 heterocycles. The van der Waals surface area contributed by atoms with Crippen LogP contribution >= 0.6 is 0 Å². The van der Waals surface area contributed by atoms with Crippen molar-refractivity contribution in [2.24, 2.45) is 5.92 Å². The SMILES string of the molecule is CCCCCCC(C/C=C\CCCCCCCC(=O)O)C(=O)O. The molecule has 0 spiro atoms. The highest BCUT2D eigenvalue weighted by molar-refractivity contribution is 5.70. The largest absolute Gasteiger partial charge is 0.481 e. The predicted octanol–water partition coefficient (Wildman–Crippen LogP) is 5.42. The molecule has 0 rings (SSSR count). The Kier molecular flexibility index (Phi) is 14.7. The van der Waals surface area contributed by atoms with Gasteiger partial charge in [-0.05, 0) is 32.1 Å². The van der Waals surface area contributed by atoms with E-state index in [-0.39, 0.29) is 12.3 Å². The fraction of sp³-hybridized carbons (Fsp3) is 0.789. The molecular formula is C19H34O4. The van der Waals surface area contributed by atoms with Gasteiger partial charge in [-0.1, -0.05) is 64.0 Å². The number of hydrogen-bond donors (Lipinski definition) is 2. The fourth-order valence-corrected chi connectivity index (χ4v) is 2.61. The summed E-state index contributed by atoms with van der Waals surface area (Å²) in [5, 5.41) is 17.7. The smallest absolute Gasteiger partial charge is 0.306 e. The maximum absolute atomic E-state index is 11.2. The molecule has 0 fully saturated rings. The van der Waals surface area contributed by atoms with Gasteiger partial charge in [0.25, 0.3) is 0 Å². The third-order valence-corrected chi connectivity index (χ3v) is 4.10. The van der Waals surface area contributed by atoms with Crippen LogP contribution in [-0.4, -0.2) is 22.2 Å². The Balaban J connectivity index is 3.60. The van der Waals surface area contributed by atoms with Gasteiger partial charge in [0.15, 0.2) is 0 Å². The Hall–Kier alpha value is -1.32. The van der Waals surface area contributed by atoms with Crippen molar-refractivity contribution in [3.63, 3.8) is 0 Å². The van der Waals surface area contributed by atoms with Gasteiger partial charge in [-0.2, -0.15) is 0 Å². The quantitative estimate of drug-likeness (QED) is 0.293. The van der Waals surface area contributed by atoms with Gasteiger partial charge < -0.3 is 10.2 Å². The molecular weight excluding hydrogens is 292 g/mol. The van der Waals surface area contributed by atoms with E-state index >= 15 is 0 Å². The maximum Gasteiger partial charge on any atom is 0.306 e. The van der Waals surface area contributed by atoms with Gasteiger partial charge in [0.1, 0.15) is 0 Å². The molecule has 0 aliphatic carbocycles.